The van der Waals surface area contributed by atoms with Crippen LogP contribution in [0.3, 0.4) is 0 Å². The summed E-state index contributed by atoms with van der Waals surface area (Å²) in [5, 5.41) is 0. The van der Waals surface area contributed by atoms with Gasteiger partial charge in [-0.25, -0.2) is 0 Å². The van der Waals surface area contributed by atoms with Crippen LogP contribution < -0.4 is 12.4 Å². The molecule has 0 amide bonds. The molecule has 0 bridgehead atoms. The molecule has 0 rings (SSSR count). The van der Waals surface area contributed by atoms with E-state index in [0.717, 1.165) is 0 Å². The zero-order valence-electron chi connectivity index (χ0n) is 15.1. The summed E-state index contributed by atoms with van der Waals surface area (Å²) < 4.78 is 0. The Kier molecular flexibility index (Phi) is 16.9. The summed E-state index contributed by atoms with van der Waals surface area (Å²) in [5.41, 5.74) is 0. The van der Waals surface area contributed by atoms with Crippen molar-refractivity contribution in [3.8, 4) is 0 Å². The predicted octanol–water partition coefficient (Wildman–Crippen LogP) is 2.54. The van der Waals surface area contributed by atoms with Gasteiger partial charge in [0.05, 0.1) is 0 Å². The first-order valence-corrected chi connectivity index (χ1v) is 19.2. The van der Waals surface area contributed by atoms with Gasteiger partial charge in [-0.3, -0.25) is 0 Å². The molecule has 0 aromatic heterocycles. The summed E-state index contributed by atoms with van der Waals surface area (Å²) in [6.07, 6.45) is 0. The van der Waals surface area contributed by atoms with Gasteiger partial charge in [0, 0.05) is 20.0 Å². The van der Waals surface area contributed by atoms with Crippen molar-refractivity contribution in [3.05, 3.63) is 4.91 Å². The molecule has 0 N–H and O–H groups in total. The van der Waals surface area contributed by atoms with Crippen LogP contribution in [-0.4, -0.2) is 56.1 Å². The van der Waals surface area contributed by atoms with Crippen molar-refractivity contribution < 1.29 is 34.8 Å². The molecule has 19 heavy (non-hydrogen) atoms. The van der Waals surface area contributed by atoms with Gasteiger partial charge in [0.15, 0.2) is 0 Å². The van der Waals surface area contributed by atoms with Crippen LogP contribution in [0.5, 0.6) is 0 Å². The average Bonchev–Trinajstić information content (AvgIpc) is 1.69. The molecule has 0 fully saturated rings. The largest absolute Gasteiger partial charge is 1.00 e. The van der Waals surface area contributed by atoms with Crippen molar-refractivity contribution in [2.75, 3.05) is 40.0 Å². The number of rotatable bonds is 3. The first-order valence-electron chi connectivity index (χ1n) is 6.41. The molecule has 0 aliphatic rings. The zero-order chi connectivity index (χ0) is 14.7. The summed E-state index contributed by atoms with van der Waals surface area (Å²) in [4.78, 5) is 2.03. The van der Waals surface area contributed by atoms with E-state index < -0.39 is 23.4 Å². The van der Waals surface area contributed by atoms with Gasteiger partial charge in [-0.2, -0.15) is 4.91 Å². The first-order chi connectivity index (χ1) is 7.10. The second-order valence-electron chi connectivity index (χ2n) is 8.20. The van der Waals surface area contributed by atoms with Crippen molar-refractivity contribution in [2.24, 2.45) is 0 Å². The van der Waals surface area contributed by atoms with E-state index in [1.165, 1.54) is 0 Å². The van der Waals surface area contributed by atoms with Crippen LogP contribution in [0, 0.1) is 4.91 Å². The third-order valence-electron chi connectivity index (χ3n) is 2.09. The molecule has 124 valence electrons. The fraction of sp³-hybridized carbons (Fsp3) is 0.923. The smallest absolute Gasteiger partial charge is 1.00 e. The molecule has 0 aliphatic carbocycles. The fourth-order valence-corrected chi connectivity index (χ4v) is 28.2. The second-order valence-corrected chi connectivity index (χ2v) is 26.7. The molecule has 0 heterocycles. The molecule has 0 atom stereocenters. The maximum absolute atomic E-state index is 2.52. The van der Waals surface area contributed by atoms with Crippen molar-refractivity contribution in [1.82, 2.24) is 0 Å². The van der Waals surface area contributed by atoms with Crippen LogP contribution in [0.15, 0.2) is 0 Å². The van der Waals surface area contributed by atoms with Gasteiger partial charge >= 0.3 is 22.4 Å². The minimum atomic E-state index is -1.03. The number of halogens is 1. The molecule has 0 aliphatic heterocycles. The maximum atomic E-state index is 2.52. The topological polar surface area (TPSA) is 0 Å². The Balaban J connectivity index is -0.000000165. The molecule has 0 spiro atoms. The molecular weight excluding hydrogens is 507 g/mol. The second kappa shape index (κ2) is 11.0. The molecule has 0 radical (unpaired) electrons. The van der Waals surface area contributed by atoms with Gasteiger partial charge in [-0.1, -0.05) is 55.4 Å². The number of hydrogen-bond acceptors (Lipinski definition) is 0. The van der Waals surface area contributed by atoms with E-state index in [1.807, 2.05) is 4.91 Å². The molecule has 0 aromatic rings. The van der Waals surface area contributed by atoms with E-state index in [1.54, 1.807) is 0 Å². The Bertz CT molecular complexity index is 182. The molecular formula is C13H36AuClP2Si2. The Morgan fingerprint density at radius 3 is 0.895 bits per heavy atom. The van der Waals surface area contributed by atoms with Crippen LogP contribution in [0.1, 0.15) is 0 Å². The molecule has 0 nitrogen and oxygen atoms in total. The monoisotopic (exact) mass is 542 g/mol. The SMILES string of the molecule is CP(C)C.C[Si](C)(C)[C-]([Si](C)(C)C)[P+](C)(C)C.[Au+].[Cl-]. The van der Waals surface area contributed by atoms with Gasteiger partial charge in [0.25, 0.3) is 0 Å². The normalized spacial score (nSPS) is 12.3. The third kappa shape index (κ3) is 16.5. The molecule has 0 unspecified atom stereocenters. The van der Waals surface area contributed by atoms with Crippen molar-refractivity contribution in [2.45, 2.75) is 39.3 Å². The van der Waals surface area contributed by atoms with Crippen LogP contribution in [0.2, 0.25) is 39.3 Å². The summed E-state index contributed by atoms with van der Waals surface area (Å²) in [7, 11) is -2.41. The van der Waals surface area contributed by atoms with E-state index in [0.29, 0.717) is 7.92 Å². The maximum Gasteiger partial charge on any atom is 1.00 e. The summed E-state index contributed by atoms with van der Waals surface area (Å²) in [6.45, 7) is 29.3. The Morgan fingerprint density at radius 1 is 0.737 bits per heavy atom. The van der Waals surface area contributed by atoms with Gasteiger partial charge in [0.2, 0.25) is 0 Å². The van der Waals surface area contributed by atoms with E-state index >= 15 is 0 Å². The molecule has 0 saturated heterocycles. The quantitative estimate of drug-likeness (QED) is 0.292. The summed E-state index contributed by atoms with van der Waals surface area (Å²) in [6, 6.07) is 0. The van der Waals surface area contributed by atoms with E-state index in [9.17, 15) is 0 Å². The van der Waals surface area contributed by atoms with E-state index in [4.69, 9.17) is 0 Å². The van der Waals surface area contributed by atoms with Crippen molar-refractivity contribution in [1.29, 1.82) is 0 Å². The van der Waals surface area contributed by atoms with Crippen molar-refractivity contribution >= 4 is 31.3 Å². The molecule has 0 saturated carbocycles. The summed E-state index contributed by atoms with van der Waals surface area (Å²) >= 11 is 0. The molecule has 0 aromatic carbocycles. The summed E-state index contributed by atoms with van der Waals surface area (Å²) in [5.74, 6) is 0. The molecule has 6 heteroatoms. The van der Waals surface area contributed by atoms with Crippen LogP contribution >= 0.6 is 15.2 Å². The predicted molar refractivity (Wildman–Crippen MR) is 99.3 cm³/mol. The first kappa shape index (κ1) is 29.3. The van der Waals surface area contributed by atoms with E-state index in [2.05, 4.69) is 79.3 Å². The zero-order valence-corrected chi connectivity index (χ0v) is 21.8. The Hall–Kier alpha value is 2.32. The van der Waals surface area contributed by atoms with Gasteiger partial charge in [0.1, 0.15) is 0 Å². The standard InChI is InChI=1S/C10H27PSi2.C3H9P.Au.ClH/c1-11(2,3)10(12(4,5)6)13(7,8)9;1-4(2)3;;/h1-9H3;1-3H3;;1H/q;;+1;/p-1. The fourth-order valence-electron chi connectivity index (χ4n) is 3.14. The average molecular weight is 543 g/mol. The van der Waals surface area contributed by atoms with Gasteiger partial charge < -0.3 is 12.4 Å². The minimum Gasteiger partial charge on any atom is -1.00 e. The van der Waals surface area contributed by atoms with Gasteiger partial charge in [-0.05, 0) is 20.0 Å². The van der Waals surface area contributed by atoms with Gasteiger partial charge in [-0.15, -0.1) is 15.2 Å². The Labute approximate surface area is 149 Å². The Morgan fingerprint density at radius 2 is 0.895 bits per heavy atom. The van der Waals surface area contributed by atoms with Crippen molar-refractivity contribution in [3.63, 3.8) is 0 Å². The van der Waals surface area contributed by atoms with E-state index in [-0.39, 0.29) is 34.8 Å². The third-order valence-corrected chi connectivity index (χ3v) is 18.8. The van der Waals surface area contributed by atoms with Crippen LogP contribution in [-0.2, 0) is 22.4 Å². The van der Waals surface area contributed by atoms with Crippen LogP contribution in [0.4, 0.5) is 0 Å². The number of hydrogen-bond donors (Lipinski definition) is 0. The van der Waals surface area contributed by atoms with Crippen LogP contribution in [0.25, 0.3) is 0 Å². The minimum absolute atomic E-state index is 0.